The van der Waals surface area contributed by atoms with Crippen LogP contribution in [0.2, 0.25) is 0 Å². The van der Waals surface area contributed by atoms with E-state index in [0.717, 1.165) is 0 Å². The highest BCUT2D eigenvalue weighted by Crippen LogP contribution is 2.14. The van der Waals surface area contributed by atoms with Gasteiger partial charge in [-0.2, -0.15) is 0 Å². The van der Waals surface area contributed by atoms with Crippen LogP contribution in [0.1, 0.15) is 13.3 Å². The zero-order valence-corrected chi connectivity index (χ0v) is 5.93. The molecule has 0 amide bonds. The molecule has 0 bridgehead atoms. The van der Waals surface area contributed by atoms with E-state index in [1.54, 1.807) is 0 Å². The van der Waals surface area contributed by atoms with Crippen LogP contribution in [0, 0.1) is 0 Å². The average molecular weight is 170 g/mol. The molecule has 0 aromatic heterocycles. The molecule has 0 aromatic carbocycles. The Hall–Kier alpha value is -0.740. The number of alkyl halides is 3. The molecule has 0 rings (SSSR count). The first-order valence-electron chi connectivity index (χ1n) is 3.15. The van der Waals surface area contributed by atoms with Crippen LogP contribution in [0.4, 0.5) is 13.2 Å². The summed E-state index contributed by atoms with van der Waals surface area (Å²) in [6, 6.07) is 0. The zero-order valence-electron chi connectivity index (χ0n) is 5.93. The molecule has 0 aliphatic carbocycles. The molecular weight excluding hydrogens is 161 g/mol. The van der Waals surface area contributed by atoms with Gasteiger partial charge in [0.25, 0.3) is 0 Å². The number of carboxylic acids is 1. The molecule has 3 atom stereocenters. The Morgan fingerprint density at radius 1 is 1.45 bits per heavy atom. The lowest BCUT2D eigenvalue weighted by atomic mass is 10.1. The minimum absolute atomic E-state index is 0.227. The van der Waals surface area contributed by atoms with Gasteiger partial charge in [0.2, 0.25) is 6.17 Å². The van der Waals surface area contributed by atoms with Crippen molar-refractivity contribution in [3.8, 4) is 0 Å². The summed E-state index contributed by atoms with van der Waals surface area (Å²) < 4.78 is 36.7. The van der Waals surface area contributed by atoms with E-state index < -0.39 is 24.5 Å². The van der Waals surface area contributed by atoms with E-state index in [1.807, 2.05) is 0 Å². The number of hydrogen-bond acceptors (Lipinski definition) is 1. The van der Waals surface area contributed by atoms with Gasteiger partial charge in [0.1, 0.15) is 6.17 Å². The summed E-state index contributed by atoms with van der Waals surface area (Å²) in [7, 11) is 0. The molecule has 3 unspecified atom stereocenters. The zero-order chi connectivity index (χ0) is 9.02. The first-order chi connectivity index (χ1) is 5.00. The lowest BCUT2D eigenvalue weighted by Gasteiger charge is -2.12. The summed E-state index contributed by atoms with van der Waals surface area (Å²) in [6.07, 6.45) is -7.59. The summed E-state index contributed by atoms with van der Waals surface area (Å²) in [6.45, 7) is 1.31. The highest BCUT2D eigenvalue weighted by Gasteiger charge is 2.33. The lowest BCUT2D eigenvalue weighted by molar-refractivity contribution is -0.146. The van der Waals surface area contributed by atoms with E-state index in [-0.39, 0.29) is 6.42 Å². The predicted molar refractivity (Wildman–Crippen MR) is 32.6 cm³/mol. The maximum Gasteiger partial charge on any atom is 0.341 e. The van der Waals surface area contributed by atoms with Gasteiger partial charge in [0.15, 0.2) is 6.17 Å². The Morgan fingerprint density at radius 2 is 1.91 bits per heavy atom. The second-order valence-corrected chi connectivity index (χ2v) is 2.11. The Bertz CT molecular complexity index is 140. The standard InChI is InChI=1S/C6H9F3O2/c1-2-3(7)4(8)5(9)6(10)11/h3-5H,2H2,1H3,(H,10,11). The predicted octanol–water partition coefficient (Wildman–Crippen LogP) is 1.50. The van der Waals surface area contributed by atoms with Crippen molar-refractivity contribution in [3.63, 3.8) is 0 Å². The quantitative estimate of drug-likeness (QED) is 0.694. The van der Waals surface area contributed by atoms with E-state index >= 15 is 0 Å². The molecule has 66 valence electrons. The van der Waals surface area contributed by atoms with Crippen molar-refractivity contribution in [3.05, 3.63) is 0 Å². The molecule has 11 heavy (non-hydrogen) atoms. The van der Waals surface area contributed by atoms with Gasteiger partial charge in [0.05, 0.1) is 0 Å². The monoisotopic (exact) mass is 170 g/mol. The largest absolute Gasteiger partial charge is 0.479 e. The smallest absolute Gasteiger partial charge is 0.341 e. The fraction of sp³-hybridized carbons (Fsp3) is 0.833. The summed E-state index contributed by atoms with van der Waals surface area (Å²) in [5.74, 6) is -1.96. The van der Waals surface area contributed by atoms with Crippen molar-refractivity contribution in [2.24, 2.45) is 0 Å². The van der Waals surface area contributed by atoms with Gasteiger partial charge in [-0.1, -0.05) is 6.92 Å². The third-order valence-corrected chi connectivity index (χ3v) is 1.25. The molecule has 0 aliphatic rings. The van der Waals surface area contributed by atoms with Crippen molar-refractivity contribution in [2.75, 3.05) is 0 Å². The SMILES string of the molecule is CCC(F)C(F)C(F)C(=O)O. The highest BCUT2D eigenvalue weighted by atomic mass is 19.2. The molecule has 0 heterocycles. The summed E-state index contributed by atoms with van der Waals surface area (Å²) in [5, 5.41) is 7.92. The van der Waals surface area contributed by atoms with Crippen LogP contribution < -0.4 is 0 Å². The summed E-state index contributed by atoms with van der Waals surface area (Å²) >= 11 is 0. The van der Waals surface area contributed by atoms with Crippen LogP contribution in [0.3, 0.4) is 0 Å². The number of carboxylic acid groups (broad SMARTS) is 1. The Kier molecular flexibility index (Phi) is 3.92. The molecule has 0 radical (unpaired) electrons. The molecule has 0 fully saturated rings. The van der Waals surface area contributed by atoms with Crippen LogP contribution in [0.15, 0.2) is 0 Å². The summed E-state index contributed by atoms with van der Waals surface area (Å²) in [4.78, 5) is 9.78. The van der Waals surface area contributed by atoms with Crippen LogP contribution in [-0.4, -0.2) is 29.6 Å². The molecular formula is C6H9F3O2. The van der Waals surface area contributed by atoms with Gasteiger partial charge >= 0.3 is 5.97 Å². The van der Waals surface area contributed by atoms with E-state index in [0.29, 0.717) is 0 Å². The Balaban J connectivity index is 4.00. The van der Waals surface area contributed by atoms with Crippen LogP contribution >= 0.6 is 0 Å². The third kappa shape index (κ3) is 2.78. The third-order valence-electron chi connectivity index (χ3n) is 1.25. The summed E-state index contributed by atoms with van der Waals surface area (Å²) in [5.41, 5.74) is 0. The van der Waals surface area contributed by atoms with E-state index in [9.17, 15) is 18.0 Å². The Labute approximate surface area is 62.0 Å². The number of rotatable bonds is 4. The second-order valence-electron chi connectivity index (χ2n) is 2.11. The van der Waals surface area contributed by atoms with E-state index in [2.05, 4.69) is 0 Å². The molecule has 0 saturated heterocycles. The maximum atomic E-state index is 12.3. The van der Waals surface area contributed by atoms with Crippen molar-refractivity contribution in [1.82, 2.24) is 0 Å². The van der Waals surface area contributed by atoms with Gasteiger partial charge in [0, 0.05) is 0 Å². The number of halogens is 3. The normalized spacial score (nSPS) is 18.9. The van der Waals surface area contributed by atoms with Gasteiger partial charge < -0.3 is 5.11 Å². The van der Waals surface area contributed by atoms with Gasteiger partial charge in [-0.3, -0.25) is 0 Å². The molecule has 5 heteroatoms. The van der Waals surface area contributed by atoms with Crippen LogP contribution in [0.25, 0.3) is 0 Å². The number of aliphatic carboxylic acids is 1. The number of hydrogen-bond donors (Lipinski definition) is 1. The molecule has 0 aliphatic heterocycles. The molecule has 0 spiro atoms. The second kappa shape index (κ2) is 4.20. The van der Waals surface area contributed by atoms with Crippen molar-refractivity contribution < 1.29 is 23.1 Å². The first-order valence-corrected chi connectivity index (χ1v) is 3.15. The molecule has 0 saturated carbocycles. The van der Waals surface area contributed by atoms with Crippen LogP contribution in [-0.2, 0) is 4.79 Å². The van der Waals surface area contributed by atoms with Crippen LogP contribution in [0.5, 0.6) is 0 Å². The lowest BCUT2D eigenvalue weighted by Crippen LogP contribution is -2.33. The number of carbonyl (C=O) groups is 1. The van der Waals surface area contributed by atoms with Gasteiger partial charge in [-0.05, 0) is 6.42 Å². The molecule has 0 aromatic rings. The minimum Gasteiger partial charge on any atom is -0.479 e. The highest BCUT2D eigenvalue weighted by molar-refractivity contribution is 5.72. The van der Waals surface area contributed by atoms with Gasteiger partial charge in [-0.15, -0.1) is 0 Å². The van der Waals surface area contributed by atoms with Crippen molar-refractivity contribution >= 4 is 5.97 Å². The van der Waals surface area contributed by atoms with Crippen molar-refractivity contribution in [1.29, 1.82) is 0 Å². The fourth-order valence-corrected chi connectivity index (χ4v) is 0.545. The minimum atomic E-state index is -2.76. The fourth-order valence-electron chi connectivity index (χ4n) is 0.545. The van der Waals surface area contributed by atoms with E-state index in [4.69, 9.17) is 5.11 Å². The maximum absolute atomic E-state index is 12.3. The Morgan fingerprint density at radius 3 is 2.18 bits per heavy atom. The average Bonchev–Trinajstić information content (AvgIpc) is 2.00. The van der Waals surface area contributed by atoms with E-state index in [1.165, 1.54) is 6.92 Å². The first kappa shape index (κ1) is 10.3. The topological polar surface area (TPSA) is 37.3 Å². The van der Waals surface area contributed by atoms with Gasteiger partial charge in [-0.25, -0.2) is 18.0 Å². The molecule has 2 nitrogen and oxygen atoms in total. The molecule has 1 N–H and O–H groups in total. The van der Waals surface area contributed by atoms with Crippen molar-refractivity contribution in [2.45, 2.75) is 31.9 Å².